The van der Waals surface area contributed by atoms with E-state index in [1.807, 2.05) is 0 Å². The smallest absolute Gasteiger partial charge is 0.305 e. The van der Waals surface area contributed by atoms with Crippen molar-refractivity contribution in [2.75, 3.05) is 7.11 Å². The predicted molar refractivity (Wildman–Crippen MR) is 61.2 cm³/mol. The van der Waals surface area contributed by atoms with E-state index in [1.165, 1.54) is 12.8 Å². The number of rotatable bonds is 4. The Balaban J connectivity index is 2.48. The molecule has 1 unspecified atom stereocenters. The Morgan fingerprint density at radius 3 is 2.73 bits per heavy atom. The maximum absolute atomic E-state index is 11.1. The molecule has 0 aromatic carbocycles. The number of carbonyl (C=O) groups is 1. The van der Waals surface area contributed by atoms with Crippen molar-refractivity contribution in [2.24, 2.45) is 10.4 Å². The molecule has 0 fully saturated rings. The highest BCUT2D eigenvalue weighted by atomic mass is 16.5. The topological polar surface area (TPSA) is 38.7 Å². The van der Waals surface area contributed by atoms with E-state index in [9.17, 15) is 4.79 Å². The van der Waals surface area contributed by atoms with Crippen LogP contribution in [0.4, 0.5) is 0 Å². The molecule has 0 amide bonds. The zero-order valence-corrected chi connectivity index (χ0v) is 10.2. The van der Waals surface area contributed by atoms with E-state index >= 15 is 0 Å². The van der Waals surface area contributed by atoms with Gasteiger partial charge in [0.2, 0.25) is 0 Å². The van der Waals surface area contributed by atoms with E-state index < -0.39 is 0 Å². The van der Waals surface area contributed by atoms with Crippen LogP contribution in [0.2, 0.25) is 0 Å². The number of hydrogen-bond donors (Lipinski definition) is 0. The van der Waals surface area contributed by atoms with Gasteiger partial charge >= 0.3 is 5.97 Å². The van der Waals surface area contributed by atoms with Gasteiger partial charge in [-0.2, -0.15) is 0 Å². The zero-order chi connectivity index (χ0) is 11.5. The maximum atomic E-state index is 11.1. The minimum Gasteiger partial charge on any atom is -0.469 e. The van der Waals surface area contributed by atoms with Gasteiger partial charge < -0.3 is 4.74 Å². The first-order chi connectivity index (χ1) is 6.95. The van der Waals surface area contributed by atoms with Crippen molar-refractivity contribution in [1.29, 1.82) is 0 Å². The van der Waals surface area contributed by atoms with Crippen molar-refractivity contribution in [3.05, 3.63) is 0 Å². The molecule has 3 heteroatoms. The summed E-state index contributed by atoms with van der Waals surface area (Å²) in [5.74, 6) is -0.123. The van der Waals surface area contributed by atoms with E-state index in [0.717, 1.165) is 19.3 Å². The monoisotopic (exact) mass is 211 g/mol. The first-order valence-electron chi connectivity index (χ1n) is 5.56. The first kappa shape index (κ1) is 12.2. The Hall–Kier alpha value is -0.860. The molecule has 15 heavy (non-hydrogen) atoms. The largest absolute Gasteiger partial charge is 0.469 e. The molecule has 0 N–H and O–H groups in total. The summed E-state index contributed by atoms with van der Waals surface area (Å²) in [4.78, 5) is 15.7. The van der Waals surface area contributed by atoms with Crippen molar-refractivity contribution in [3.8, 4) is 0 Å². The SMILES string of the molecule is COC(=O)CCC(C)(C)C1CCC(C)=N1. The van der Waals surface area contributed by atoms with Crippen LogP contribution in [0.15, 0.2) is 4.99 Å². The summed E-state index contributed by atoms with van der Waals surface area (Å²) in [6.07, 6.45) is 3.57. The van der Waals surface area contributed by atoms with Crippen LogP contribution >= 0.6 is 0 Å². The van der Waals surface area contributed by atoms with Crippen molar-refractivity contribution >= 4 is 11.7 Å². The molecule has 3 nitrogen and oxygen atoms in total. The standard InChI is InChI=1S/C12H21NO2/c1-9-5-6-10(13-9)12(2,3)8-7-11(14)15-4/h10H,5-8H2,1-4H3. The van der Waals surface area contributed by atoms with E-state index in [0.29, 0.717) is 12.5 Å². The lowest BCUT2D eigenvalue weighted by atomic mass is 9.79. The molecule has 0 aromatic rings. The van der Waals surface area contributed by atoms with Crippen LogP contribution in [0.5, 0.6) is 0 Å². The van der Waals surface area contributed by atoms with Crippen LogP contribution in [-0.2, 0) is 9.53 Å². The summed E-state index contributed by atoms with van der Waals surface area (Å²) in [5.41, 5.74) is 1.34. The zero-order valence-electron chi connectivity index (χ0n) is 10.2. The highest BCUT2D eigenvalue weighted by molar-refractivity contribution is 5.83. The van der Waals surface area contributed by atoms with E-state index in [1.54, 1.807) is 0 Å². The van der Waals surface area contributed by atoms with Gasteiger partial charge in [-0.1, -0.05) is 13.8 Å². The summed E-state index contributed by atoms with van der Waals surface area (Å²) in [6, 6.07) is 0.377. The van der Waals surface area contributed by atoms with Gasteiger partial charge in [-0.15, -0.1) is 0 Å². The molecule has 0 saturated carbocycles. The van der Waals surface area contributed by atoms with E-state index in [4.69, 9.17) is 0 Å². The molecular weight excluding hydrogens is 190 g/mol. The Labute approximate surface area is 91.9 Å². The summed E-state index contributed by atoms with van der Waals surface area (Å²) in [6.45, 7) is 6.45. The summed E-state index contributed by atoms with van der Waals surface area (Å²) in [7, 11) is 1.44. The minimum atomic E-state index is -0.123. The number of methoxy groups -OCH3 is 1. The molecule has 0 aliphatic carbocycles. The van der Waals surface area contributed by atoms with Gasteiger partial charge in [0.1, 0.15) is 0 Å². The molecule has 0 bridgehead atoms. The number of nitrogens with zero attached hydrogens (tertiary/aromatic N) is 1. The average Bonchev–Trinajstić information content (AvgIpc) is 2.62. The van der Waals surface area contributed by atoms with Crippen LogP contribution in [0.1, 0.15) is 46.5 Å². The normalized spacial score (nSPS) is 21.3. The third-order valence-corrected chi connectivity index (χ3v) is 3.26. The minimum absolute atomic E-state index is 0.103. The molecule has 0 saturated heterocycles. The van der Waals surface area contributed by atoms with E-state index in [-0.39, 0.29) is 11.4 Å². The molecular formula is C12H21NO2. The summed E-state index contributed by atoms with van der Waals surface area (Å²) >= 11 is 0. The van der Waals surface area contributed by atoms with Crippen LogP contribution in [-0.4, -0.2) is 24.8 Å². The van der Waals surface area contributed by atoms with Gasteiger partial charge in [0.05, 0.1) is 13.2 Å². The van der Waals surface area contributed by atoms with Crippen molar-refractivity contribution < 1.29 is 9.53 Å². The van der Waals surface area contributed by atoms with Crippen LogP contribution in [0.3, 0.4) is 0 Å². The molecule has 1 atom stereocenters. The Morgan fingerprint density at radius 1 is 1.60 bits per heavy atom. The van der Waals surface area contributed by atoms with E-state index in [2.05, 4.69) is 30.5 Å². The summed E-state index contributed by atoms with van der Waals surface area (Å²) < 4.78 is 4.65. The number of carbonyl (C=O) groups excluding carboxylic acids is 1. The lowest BCUT2D eigenvalue weighted by Crippen LogP contribution is -2.27. The quantitative estimate of drug-likeness (QED) is 0.670. The molecule has 0 aromatic heterocycles. The second-order valence-electron chi connectivity index (χ2n) is 4.98. The third-order valence-electron chi connectivity index (χ3n) is 3.26. The number of aliphatic imine (C=N–C) groups is 1. The molecule has 0 spiro atoms. The first-order valence-corrected chi connectivity index (χ1v) is 5.56. The molecule has 1 heterocycles. The molecule has 0 radical (unpaired) electrons. The number of hydrogen-bond acceptors (Lipinski definition) is 3. The Bertz CT molecular complexity index is 269. The second-order valence-corrected chi connectivity index (χ2v) is 4.98. The van der Waals surface area contributed by atoms with Crippen molar-refractivity contribution in [2.45, 2.75) is 52.5 Å². The fraction of sp³-hybridized carbons (Fsp3) is 0.833. The van der Waals surface area contributed by atoms with Gasteiger partial charge in [0.15, 0.2) is 0 Å². The van der Waals surface area contributed by atoms with Crippen LogP contribution in [0, 0.1) is 5.41 Å². The third kappa shape index (κ3) is 3.33. The molecule has 86 valence electrons. The molecule has 1 aliphatic heterocycles. The molecule has 1 aliphatic rings. The highest BCUT2D eigenvalue weighted by Gasteiger charge is 2.32. The number of ether oxygens (including phenoxy) is 1. The van der Waals surface area contributed by atoms with Gasteiger partial charge in [-0.05, 0) is 31.6 Å². The Kier molecular flexibility index (Phi) is 3.89. The van der Waals surface area contributed by atoms with Gasteiger partial charge in [-0.3, -0.25) is 9.79 Å². The van der Waals surface area contributed by atoms with Crippen LogP contribution < -0.4 is 0 Å². The Morgan fingerprint density at radius 2 is 2.27 bits per heavy atom. The number of esters is 1. The van der Waals surface area contributed by atoms with Crippen molar-refractivity contribution in [1.82, 2.24) is 0 Å². The average molecular weight is 211 g/mol. The molecule has 1 rings (SSSR count). The summed E-state index contributed by atoms with van der Waals surface area (Å²) in [5, 5.41) is 0. The fourth-order valence-corrected chi connectivity index (χ4v) is 2.00. The maximum Gasteiger partial charge on any atom is 0.305 e. The van der Waals surface area contributed by atoms with Gasteiger partial charge in [0.25, 0.3) is 0 Å². The fourth-order valence-electron chi connectivity index (χ4n) is 2.00. The lowest BCUT2D eigenvalue weighted by molar-refractivity contribution is -0.141. The van der Waals surface area contributed by atoms with Gasteiger partial charge in [-0.25, -0.2) is 0 Å². The van der Waals surface area contributed by atoms with Crippen LogP contribution in [0.25, 0.3) is 0 Å². The predicted octanol–water partition coefficient (Wildman–Crippen LogP) is 2.59. The lowest BCUT2D eigenvalue weighted by Gasteiger charge is -2.29. The highest BCUT2D eigenvalue weighted by Crippen LogP contribution is 2.35. The second kappa shape index (κ2) is 4.77. The van der Waals surface area contributed by atoms with Gasteiger partial charge in [0, 0.05) is 12.1 Å². The van der Waals surface area contributed by atoms with Crippen molar-refractivity contribution in [3.63, 3.8) is 0 Å².